The normalized spacial score (nSPS) is 17.4. The van der Waals surface area contributed by atoms with Crippen molar-refractivity contribution in [2.24, 2.45) is 0 Å². The lowest BCUT2D eigenvalue weighted by Crippen LogP contribution is -2.27. The molecule has 132 valence electrons. The van der Waals surface area contributed by atoms with Gasteiger partial charge in [0.2, 0.25) is 5.91 Å². The Morgan fingerprint density at radius 1 is 1.08 bits per heavy atom. The zero-order valence-corrected chi connectivity index (χ0v) is 14.8. The van der Waals surface area contributed by atoms with Crippen LogP contribution in [-0.4, -0.2) is 26.9 Å². The Hall–Kier alpha value is -2.18. The minimum Gasteiger partial charge on any atom is -0.326 e. The summed E-state index contributed by atoms with van der Waals surface area (Å²) in [7, 11) is -3.46. The molecule has 2 N–H and O–H groups in total. The smallest absolute Gasteiger partial charge is 0.225 e. The van der Waals surface area contributed by atoms with Crippen LogP contribution in [0.4, 0.5) is 5.69 Å². The monoisotopic (exact) mass is 358 g/mol. The topological polar surface area (TPSA) is 75.3 Å². The third-order valence-electron chi connectivity index (χ3n) is 4.33. The van der Waals surface area contributed by atoms with Gasteiger partial charge in [0.05, 0.1) is 10.6 Å². The van der Waals surface area contributed by atoms with Gasteiger partial charge in [-0.05, 0) is 43.1 Å². The quantitative estimate of drug-likeness (QED) is 0.833. The first kappa shape index (κ1) is 17.6. The van der Waals surface area contributed by atoms with Crippen LogP contribution in [0.3, 0.4) is 0 Å². The Bertz CT molecular complexity index is 829. The van der Waals surface area contributed by atoms with Crippen molar-refractivity contribution in [3.63, 3.8) is 0 Å². The Morgan fingerprint density at radius 2 is 1.80 bits per heavy atom. The number of carbonyl (C=O) groups is 1. The molecule has 0 spiro atoms. The Morgan fingerprint density at radius 3 is 2.52 bits per heavy atom. The molecular formula is C19H22N2O3S. The average Bonchev–Trinajstić information content (AvgIpc) is 3.10. The van der Waals surface area contributed by atoms with E-state index in [1.165, 1.54) is 0 Å². The standard InChI is InChI=1S/C19H22N2O3S/c22-19(13-16-8-6-12-20-16)21-18-11-5-4-7-15(18)14-25(23,24)17-9-2-1-3-10-17/h1-5,7,9-11,16,20H,6,8,12-14H2,(H,21,22). The predicted octanol–water partition coefficient (Wildman–Crippen LogP) is 2.74. The molecule has 2 aromatic rings. The molecule has 1 aliphatic heterocycles. The molecule has 3 rings (SSSR count). The largest absolute Gasteiger partial charge is 0.326 e. The first-order chi connectivity index (χ1) is 12.0. The number of rotatable bonds is 6. The first-order valence-corrected chi connectivity index (χ1v) is 10.1. The predicted molar refractivity (Wildman–Crippen MR) is 98.0 cm³/mol. The van der Waals surface area contributed by atoms with E-state index in [4.69, 9.17) is 0 Å². The highest BCUT2D eigenvalue weighted by Gasteiger charge is 2.20. The van der Waals surface area contributed by atoms with Crippen LogP contribution in [0.1, 0.15) is 24.8 Å². The second-order valence-electron chi connectivity index (χ2n) is 6.27. The van der Waals surface area contributed by atoms with Gasteiger partial charge in [0.15, 0.2) is 9.84 Å². The number of carbonyl (C=O) groups excluding carboxylic acids is 1. The highest BCUT2D eigenvalue weighted by atomic mass is 32.2. The van der Waals surface area contributed by atoms with Crippen LogP contribution in [0.2, 0.25) is 0 Å². The molecule has 0 aromatic heterocycles. The molecule has 1 fully saturated rings. The third kappa shape index (κ3) is 4.67. The van der Waals surface area contributed by atoms with Crippen LogP contribution in [0.5, 0.6) is 0 Å². The first-order valence-electron chi connectivity index (χ1n) is 8.43. The van der Waals surface area contributed by atoms with E-state index in [2.05, 4.69) is 10.6 Å². The number of anilines is 1. The second-order valence-corrected chi connectivity index (χ2v) is 8.26. The third-order valence-corrected chi connectivity index (χ3v) is 6.01. The summed E-state index contributed by atoms with van der Waals surface area (Å²) in [4.78, 5) is 12.5. The van der Waals surface area contributed by atoms with Crippen molar-refractivity contribution in [3.05, 3.63) is 60.2 Å². The van der Waals surface area contributed by atoms with Gasteiger partial charge in [-0.25, -0.2) is 8.42 Å². The molecule has 0 aliphatic carbocycles. The molecule has 6 heteroatoms. The summed E-state index contributed by atoms with van der Waals surface area (Å²) in [5.41, 5.74) is 1.16. The lowest BCUT2D eigenvalue weighted by molar-refractivity contribution is -0.116. The molecule has 1 unspecified atom stereocenters. The summed E-state index contributed by atoms with van der Waals surface area (Å²) in [5, 5.41) is 6.16. The molecule has 1 heterocycles. The molecular weight excluding hydrogens is 336 g/mol. The number of para-hydroxylation sites is 1. The van der Waals surface area contributed by atoms with Gasteiger partial charge >= 0.3 is 0 Å². The summed E-state index contributed by atoms with van der Waals surface area (Å²) in [6.45, 7) is 0.948. The Kier molecular flexibility index (Phi) is 5.50. The average molecular weight is 358 g/mol. The van der Waals surface area contributed by atoms with E-state index in [0.29, 0.717) is 17.7 Å². The molecule has 1 atom stereocenters. The Labute approximate surface area is 148 Å². The summed E-state index contributed by atoms with van der Waals surface area (Å²) >= 11 is 0. The van der Waals surface area contributed by atoms with E-state index in [-0.39, 0.29) is 22.6 Å². The second kappa shape index (κ2) is 7.80. The summed E-state index contributed by atoms with van der Waals surface area (Å²) in [6.07, 6.45) is 2.49. The van der Waals surface area contributed by atoms with Gasteiger partial charge < -0.3 is 10.6 Å². The lowest BCUT2D eigenvalue weighted by atomic mass is 10.1. The maximum absolute atomic E-state index is 12.6. The summed E-state index contributed by atoms with van der Waals surface area (Å²) < 4.78 is 25.2. The fourth-order valence-electron chi connectivity index (χ4n) is 3.04. The van der Waals surface area contributed by atoms with E-state index in [9.17, 15) is 13.2 Å². The zero-order valence-electron chi connectivity index (χ0n) is 13.9. The maximum atomic E-state index is 12.6. The molecule has 0 saturated carbocycles. The highest BCUT2D eigenvalue weighted by Crippen LogP contribution is 2.22. The fraction of sp³-hybridized carbons (Fsp3) is 0.316. The molecule has 1 saturated heterocycles. The van der Waals surface area contributed by atoms with E-state index < -0.39 is 9.84 Å². The van der Waals surface area contributed by atoms with Gasteiger partial charge in [-0.3, -0.25) is 4.79 Å². The van der Waals surface area contributed by atoms with E-state index >= 15 is 0 Å². The zero-order chi connectivity index (χ0) is 17.7. The van der Waals surface area contributed by atoms with Gasteiger partial charge in [-0.2, -0.15) is 0 Å². The van der Waals surface area contributed by atoms with E-state index in [0.717, 1.165) is 19.4 Å². The van der Waals surface area contributed by atoms with Crippen LogP contribution in [0, 0.1) is 0 Å². The van der Waals surface area contributed by atoms with Gasteiger partial charge in [-0.15, -0.1) is 0 Å². The van der Waals surface area contributed by atoms with Crippen LogP contribution in [-0.2, 0) is 20.4 Å². The van der Waals surface area contributed by atoms with Crippen molar-refractivity contribution >= 4 is 21.4 Å². The van der Waals surface area contributed by atoms with Crippen molar-refractivity contribution in [2.45, 2.75) is 36.0 Å². The highest BCUT2D eigenvalue weighted by molar-refractivity contribution is 7.90. The van der Waals surface area contributed by atoms with Crippen molar-refractivity contribution in [1.29, 1.82) is 0 Å². The molecule has 0 bridgehead atoms. The molecule has 1 amide bonds. The van der Waals surface area contributed by atoms with Gasteiger partial charge in [0.25, 0.3) is 0 Å². The van der Waals surface area contributed by atoms with Gasteiger partial charge in [0, 0.05) is 18.2 Å². The number of sulfone groups is 1. The lowest BCUT2D eigenvalue weighted by Gasteiger charge is -2.14. The minimum absolute atomic E-state index is 0.0936. The van der Waals surface area contributed by atoms with Crippen molar-refractivity contribution in [2.75, 3.05) is 11.9 Å². The van der Waals surface area contributed by atoms with Crippen LogP contribution in [0.25, 0.3) is 0 Å². The van der Waals surface area contributed by atoms with Crippen LogP contribution < -0.4 is 10.6 Å². The molecule has 1 aliphatic rings. The molecule has 5 nitrogen and oxygen atoms in total. The molecule has 2 aromatic carbocycles. The number of nitrogens with one attached hydrogen (secondary N) is 2. The number of hydrogen-bond donors (Lipinski definition) is 2. The summed E-state index contributed by atoms with van der Waals surface area (Å²) in [5.74, 6) is -0.237. The van der Waals surface area contributed by atoms with E-state index in [1.54, 1.807) is 54.6 Å². The fourth-order valence-corrected chi connectivity index (χ4v) is 4.44. The number of benzene rings is 2. The SMILES string of the molecule is O=C(CC1CCCN1)Nc1ccccc1CS(=O)(=O)c1ccccc1. The minimum atomic E-state index is -3.46. The summed E-state index contributed by atoms with van der Waals surface area (Å²) in [6, 6.07) is 15.6. The number of hydrogen-bond acceptors (Lipinski definition) is 4. The Balaban J connectivity index is 1.73. The van der Waals surface area contributed by atoms with Gasteiger partial charge in [-0.1, -0.05) is 36.4 Å². The van der Waals surface area contributed by atoms with Gasteiger partial charge in [0.1, 0.15) is 0 Å². The maximum Gasteiger partial charge on any atom is 0.225 e. The van der Waals surface area contributed by atoms with E-state index in [1.807, 2.05) is 0 Å². The number of amides is 1. The molecule has 0 radical (unpaired) electrons. The van der Waals surface area contributed by atoms with Crippen LogP contribution >= 0.6 is 0 Å². The van der Waals surface area contributed by atoms with Crippen molar-refractivity contribution < 1.29 is 13.2 Å². The molecule has 25 heavy (non-hydrogen) atoms. The van der Waals surface area contributed by atoms with Crippen LogP contribution in [0.15, 0.2) is 59.5 Å². The van der Waals surface area contributed by atoms with Crippen molar-refractivity contribution in [1.82, 2.24) is 5.32 Å². The van der Waals surface area contributed by atoms with Crippen molar-refractivity contribution in [3.8, 4) is 0 Å².